The summed E-state index contributed by atoms with van der Waals surface area (Å²) in [6.45, 7) is 3.15. The van der Waals surface area contributed by atoms with E-state index in [9.17, 15) is 4.79 Å². The molecule has 0 radical (unpaired) electrons. The van der Waals surface area contributed by atoms with E-state index >= 15 is 0 Å². The van der Waals surface area contributed by atoms with E-state index < -0.39 is 0 Å². The zero-order valence-electron chi connectivity index (χ0n) is 14.0. The largest absolute Gasteiger partial charge is 0.493 e. The van der Waals surface area contributed by atoms with Gasteiger partial charge in [-0.3, -0.25) is 4.90 Å². The van der Waals surface area contributed by atoms with E-state index in [0.29, 0.717) is 24.7 Å². The van der Waals surface area contributed by atoms with E-state index in [2.05, 4.69) is 5.32 Å². The van der Waals surface area contributed by atoms with Crippen LogP contribution < -0.4 is 19.7 Å². The molecule has 0 spiro atoms. The summed E-state index contributed by atoms with van der Waals surface area (Å²) in [5.74, 6) is 1.28. The van der Waals surface area contributed by atoms with Gasteiger partial charge in [0.15, 0.2) is 11.5 Å². The molecule has 1 N–H and O–H groups in total. The molecule has 3 rings (SSSR count). The van der Waals surface area contributed by atoms with Gasteiger partial charge in [0.25, 0.3) is 0 Å². The lowest BCUT2D eigenvalue weighted by Crippen LogP contribution is -2.50. The molecule has 1 aliphatic rings. The van der Waals surface area contributed by atoms with E-state index in [1.807, 2.05) is 55.5 Å². The highest BCUT2D eigenvalue weighted by molar-refractivity contribution is 5.93. The van der Waals surface area contributed by atoms with Crippen molar-refractivity contribution in [2.75, 3.05) is 18.6 Å². The van der Waals surface area contributed by atoms with Gasteiger partial charge >= 0.3 is 6.03 Å². The second kappa shape index (κ2) is 7.25. The van der Waals surface area contributed by atoms with Crippen LogP contribution in [-0.4, -0.2) is 25.7 Å². The third-order valence-electron chi connectivity index (χ3n) is 4.10. The number of hydrogen-bond acceptors (Lipinski definition) is 3. The summed E-state index contributed by atoms with van der Waals surface area (Å²) in [6.07, 6.45) is 0.915. The first-order valence-corrected chi connectivity index (χ1v) is 8.10. The van der Waals surface area contributed by atoms with E-state index in [0.717, 1.165) is 17.7 Å². The normalized spacial score (nSPS) is 17.3. The molecule has 0 aromatic heterocycles. The quantitative estimate of drug-likeness (QED) is 0.913. The molecule has 1 heterocycles. The van der Waals surface area contributed by atoms with Crippen molar-refractivity contribution in [3.05, 3.63) is 54.1 Å². The minimum absolute atomic E-state index is 0.0760. The molecular weight excluding hydrogens is 304 g/mol. The number of urea groups is 1. The Kier molecular flexibility index (Phi) is 4.89. The molecule has 1 saturated heterocycles. The number of nitrogens with one attached hydrogen (secondary N) is 1. The SMILES string of the molecule is COc1ccc(N2CC[C@H](C)NC2=O)cc1OCc1ccccc1. The maximum Gasteiger partial charge on any atom is 0.322 e. The van der Waals surface area contributed by atoms with Gasteiger partial charge in [0.2, 0.25) is 0 Å². The minimum atomic E-state index is -0.0760. The van der Waals surface area contributed by atoms with Crippen LogP contribution in [0, 0.1) is 0 Å². The van der Waals surface area contributed by atoms with Gasteiger partial charge in [-0.15, -0.1) is 0 Å². The molecule has 126 valence electrons. The van der Waals surface area contributed by atoms with Crippen molar-refractivity contribution in [1.82, 2.24) is 5.32 Å². The highest BCUT2D eigenvalue weighted by Gasteiger charge is 2.24. The van der Waals surface area contributed by atoms with Gasteiger partial charge in [0.1, 0.15) is 6.61 Å². The van der Waals surface area contributed by atoms with Gasteiger partial charge in [-0.05, 0) is 31.0 Å². The van der Waals surface area contributed by atoms with Gasteiger partial charge < -0.3 is 14.8 Å². The number of methoxy groups -OCH3 is 1. The van der Waals surface area contributed by atoms with E-state index in [4.69, 9.17) is 9.47 Å². The van der Waals surface area contributed by atoms with Gasteiger partial charge in [0.05, 0.1) is 7.11 Å². The van der Waals surface area contributed by atoms with Crippen LogP contribution in [0.1, 0.15) is 18.9 Å². The molecule has 5 nitrogen and oxygen atoms in total. The first kappa shape index (κ1) is 16.2. The lowest BCUT2D eigenvalue weighted by atomic mass is 10.1. The maximum atomic E-state index is 12.2. The van der Waals surface area contributed by atoms with E-state index in [1.54, 1.807) is 12.0 Å². The van der Waals surface area contributed by atoms with Crippen LogP contribution in [-0.2, 0) is 6.61 Å². The first-order valence-electron chi connectivity index (χ1n) is 8.10. The van der Waals surface area contributed by atoms with Crippen molar-refractivity contribution in [2.24, 2.45) is 0 Å². The Morgan fingerprint density at radius 1 is 1.17 bits per heavy atom. The Hall–Kier alpha value is -2.69. The Bertz CT molecular complexity index is 703. The summed E-state index contributed by atoms with van der Waals surface area (Å²) in [5.41, 5.74) is 1.89. The van der Waals surface area contributed by atoms with Gasteiger partial charge in [-0.25, -0.2) is 4.79 Å². The number of benzene rings is 2. The number of anilines is 1. The predicted molar refractivity (Wildman–Crippen MR) is 93.7 cm³/mol. The van der Waals surface area contributed by atoms with Crippen LogP contribution in [0.2, 0.25) is 0 Å². The zero-order valence-corrected chi connectivity index (χ0v) is 14.0. The lowest BCUT2D eigenvalue weighted by molar-refractivity contribution is 0.237. The molecule has 0 aliphatic carbocycles. The summed E-state index contributed by atoms with van der Waals surface area (Å²) < 4.78 is 11.3. The maximum absolute atomic E-state index is 12.2. The highest BCUT2D eigenvalue weighted by atomic mass is 16.5. The number of rotatable bonds is 5. The number of carbonyl (C=O) groups excluding carboxylic acids is 1. The monoisotopic (exact) mass is 326 g/mol. The number of ether oxygens (including phenoxy) is 2. The van der Waals surface area contributed by atoms with Gasteiger partial charge in [-0.2, -0.15) is 0 Å². The molecule has 0 unspecified atom stereocenters. The van der Waals surface area contributed by atoms with Crippen molar-refractivity contribution in [1.29, 1.82) is 0 Å². The molecule has 1 fully saturated rings. The highest BCUT2D eigenvalue weighted by Crippen LogP contribution is 2.33. The fourth-order valence-corrected chi connectivity index (χ4v) is 2.71. The average Bonchev–Trinajstić information content (AvgIpc) is 2.60. The third-order valence-corrected chi connectivity index (χ3v) is 4.10. The molecule has 1 atom stereocenters. The number of amides is 2. The first-order chi connectivity index (χ1) is 11.7. The topological polar surface area (TPSA) is 50.8 Å². The number of nitrogens with zero attached hydrogens (tertiary/aromatic N) is 1. The van der Waals surface area contributed by atoms with Crippen molar-refractivity contribution in [2.45, 2.75) is 26.0 Å². The minimum Gasteiger partial charge on any atom is -0.493 e. The smallest absolute Gasteiger partial charge is 0.322 e. The summed E-state index contributed by atoms with van der Waals surface area (Å²) in [7, 11) is 1.61. The fraction of sp³-hybridized carbons (Fsp3) is 0.316. The molecule has 1 aliphatic heterocycles. The Labute approximate surface area is 142 Å². The third kappa shape index (κ3) is 3.62. The van der Waals surface area contributed by atoms with Crippen LogP contribution in [0.15, 0.2) is 48.5 Å². The Morgan fingerprint density at radius 3 is 2.67 bits per heavy atom. The van der Waals surface area contributed by atoms with Crippen LogP contribution in [0.4, 0.5) is 10.5 Å². The fourth-order valence-electron chi connectivity index (χ4n) is 2.71. The molecule has 0 bridgehead atoms. The Balaban J connectivity index is 1.79. The predicted octanol–water partition coefficient (Wildman–Crippen LogP) is 3.58. The average molecular weight is 326 g/mol. The summed E-state index contributed by atoms with van der Waals surface area (Å²) >= 11 is 0. The van der Waals surface area contributed by atoms with Crippen LogP contribution in [0.25, 0.3) is 0 Å². The molecule has 2 amide bonds. The standard InChI is InChI=1S/C19H22N2O3/c1-14-10-11-21(19(22)20-14)16-8-9-17(23-2)18(12-16)24-13-15-6-4-3-5-7-15/h3-9,12,14H,10-11,13H2,1-2H3,(H,20,22)/t14-/m0/s1. The van der Waals surface area contributed by atoms with Crippen LogP contribution in [0.5, 0.6) is 11.5 Å². The second-order valence-corrected chi connectivity index (χ2v) is 5.90. The number of carbonyl (C=O) groups is 1. The van der Waals surface area contributed by atoms with Crippen molar-refractivity contribution in [3.8, 4) is 11.5 Å². The summed E-state index contributed by atoms with van der Waals surface area (Å²) in [6, 6.07) is 15.7. The van der Waals surface area contributed by atoms with Gasteiger partial charge in [-0.1, -0.05) is 30.3 Å². The van der Waals surface area contributed by atoms with Crippen molar-refractivity contribution >= 4 is 11.7 Å². The van der Waals surface area contributed by atoms with Gasteiger partial charge in [0, 0.05) is 24.3 Å². The van der Waals surface area contributed by atoms with Crippen LogP contribution >= 0.6 is 0 Å². The van der Waals surface area contributed by atoms with E-state index in [1.165, 1.54) is 0 Å². The summed E-state index contributed by atoms with van der Waals surface area (Å²) in [5, 5.41) is 2.95. The lowest BCUT2D eigenvalue weighted by Gasteiger charge is -2.31. The Morgan fingerprint density at radius 2 is 1.96 bits per heavy atom. The van der Waals surface area contributed by atoms with Crippen molar-refractivity contribution in [3.63, 3.8) is 0 Å². The molecule has 0 saturated carbocycles. The zero-order chi connectivity index (χ0) is 16.9. The van der Waals surface area contributed by atoms with Crippen molar-refractivity contribution < 1.29 is 14.3 Å². The second-order valence-electron chi connectivity index (χ2n) is 5.90. The number of hydrogen-bond donors (Lipinski definition) is 1. The van der Waals surface area contributed by atoms with E-state index in [-0.39, 0.29) is 12.1 Å². The molecule has 2 aromatic rings. The molecule has 5 heteroatoms. The van der Waals surface area contributed by atoms with Crippen LogP contribution in [0.3, 0.4) is 0 Å². The summed E-state index contributed by atoms with van der Waals surface area (Å²) in [4.78, 5) is 13.9. The molecule has 2 aromatic carbocycles. The molecular formula is C19H22N2O3. The molecule has 24 heavy (non-hydrogen) atoms.